The summed E-state index contributed by atoms with van der Waals surface area (Å²) in [5.41, 5.74) is 1.02. The summed E-state index contributed by atoms with van der Waals surface area (Å²) in [7, 11) is -3.50. The van der Waals surface area contributed by atoms with E-state index >= 15 is 0 Å². The number of aliphatic carboxylic acids is 1. The van der Waals surface area contributed by atoms with Crippen LogP contribution in [0.4, 0.5) is 0 Å². The summed E-state index contributed by atoms with van der Waals surface area (Å²) in [6, 6.07) is 0. The van der Waals surface area contributed by atoms with Crippen molar-refractivity contribution < 1.29 is 22.5 Å². The van der Waals surface area contributed by atoms with Crippen molar-refractivity contribution in [1.29, 1.82) is 0 Å². The van der Waals surface area contributed by atoms with Gasteiger partial charge in [-0.15, -0.1) is 0 Å². The zero-order valence-electron chi connectivity index (χ0n) is 24.4. The van der Waals surface area contributed by atoms with Gasteiger partial charge in [-0.3, -0.25) is 8.98 Å². The van der Waals surface area contributed by atoms with Gasteiger partial charge in [-0.1, -0.05) is 60.1 Å². The minimum absolute atomic E-state index is 0.00514. The Bertz CT molecular complexity index is 1120. The van der Waals surface area contributed by atoms with Crippen molar-refractivity contribution in [2.24, 2.45) is 50.2 Å². The van der Waals surface area contributed by atoms with Gasteiger partial charge >= 0.3 is 5.97 Å². The lowest BCUT2D eigenvalue weighted by molar-refractivity contribution is -0.201. The Morgan fingerprint density at radius 1 is 0.919 bits per heavy atom. The summed E-state index contributed by atoms with van der Waals surface area (Å²) in [4.78, 5) is 12.8. The van der Waals surface area contributed by atoms with Gasteiger partial charge in [0.15, 0.2) is 0 Å². The van der Waals surface area contributed by atoms with Crippen molar-refractivity contribution in [2.45, 2.75) is 119 Å². The molecule has 0 bridgehead atoms. The molecule has 0 unspecified atom stereocenters. The second kappa shape index (κ2) is 8.08. The van der Waals surface area contributed by atoms with Crippen molar-refractivity contribution in [3.8, 4) is 0 Å². The molecule has 0 heterocycles. The Balaban J connectivity index is 1.55. The molecule has 1 N–H and O–H groups in total. The van der Waals surface area contributed by atoms with E-state index in [1.54, 1.807) is 0 Å². The van der Waals surface area contributed by atoms with E-state index in [9.17, 15) is 18.3 Å². The number of carboxylic acid groups (broad SMARTS) is 1. The van der Waals surface area contributed by atoms with Gasteiger partial charge in [0.1, 0.15) is 0 Å². The minimum Gasteiger partial charge on any atom is -0.481 e. The molecule has 5 aliphatic rings. The van der Waals surface area contributed by atoms with Gasteiger partial charge in [0.25, 0.3) is 10.1 Å². The third-order valence-electron chi connectivity index (χ3n) is 13.3. The molecule has 0 amide bonds. The smallest absolute Gasteiger partial charge is 0.310 e. The van der Waals surface area contributed by atoms with Crippen LogP contribution in [0.5, 0.6) is 0 Å². The SMILES string of the molecule is CC1(C)CC[C@]2(C(=O)O)CC[C@]3(C)C(=CC[C@@H]4[C@@]5(C)CC[C@H](OS(C)(=O)=O)C(C)(C)[C@@H]5CC[C@]43C)[C@@H]2C1. The van der Waals surface area contributed by atoms with Crippen molar-refractivity contribution in [3.63, 3.8) is 0 Å². The minimum atomic E-state index is -3.50. The first-order valence-corrected chi connectivity index (χ1v) is 16.5. The predicted molar refractivity (Wildman–Crippen MR) is 146 cm³/mol. The molecule has 8 atom stereocenters. The lowest BCUT2D eigenvalue weighted by Crippen LogP contribution is -2.65. The number of hydrogen-bond donors (Lipinski definition) is 1. The maximum atomic E-state index is 12.8. The Morgan fingerprint density at radius 2 is 1.57 bits per heavy atom. The molecule has 6 heteroatoms. The Labute approximate surface area is 225 Å². The first-order chi connectivity index (χ1) is 16.8. The Hall–Kier alpha value is -0.880. The molecular weight excluding hydrogens is 484 g/mol. The van der Waals surface area contributed by atoms with E-state index in [1.165, 1.54) is 11.8 Å². The van der Waals surface area contributed by atoms with E-state index in [0.717, 1.165) is 64.2 Å². The fourth-order valence-electron chi connectivity index (χ4n) is 11.0. The summed E-state index contributed by atoms with van der Waals surface area (Å²) in [5, 5.41) is 10.5. The number of rotatable bonds is 3. The third kappa shape index (κ3) is 3.77. The maximum Gasteiger partial charge on any atom is 0.310 e. The highest BCUT2D eigenvalue weighted by Gasteiger charge is 2.69. The Kier molecular flexibility index (Phi) is 6.05. The fraction of sp³-hybridized carbons (Fsp3) is 0.903. The van der Waals surface area contributed by atoms with Crippen LogP contribution in [0.15, 0.2) is 11.6 Å². The number of fused-ring (bicyclic) bond motifs is 7. The second-order valence-corrected chi connectivity index (χ2v) is 17.4. The topological polar surface area (TPSA) is 80.7 Å². The largest absolute Gasteiger partial charge is 0.481 e. The van der Waals surface area contributed by atoms with Crippen LogP contribution in [0.3, 0.4) is 0 Å². The number of allylic oxidation sites excluding steroid dienone is 2. The first-order valence-electron chi connectivity index (χ1n) is 14.6. The molecule has 210 valence electrons. The molecule has 0 saturated heterocycles. The van der Waals surface area contributed by atoms with Crippen LogP contribution in [-0.4, -0.2) is 31.9 Å². The van der Waals surface area contributed by atoms with Gasteiger partial charge in [0, 0.05) is 0 Å². The van der Waals surface area contributed by atoms with Crippen molar-refractivity contribution in [3.05, 3.63) is 11.6 Å². The van der Waals surface area contributed by atoms with Gasteiger partial charge < -0.3 is 5.11 Å². The van der Waals surface area contributed by atoms with Gasteiger partial charge in [0.05, 0.1) is 17.8 Å². The lowest BCUT2D eigenvalue weighted by atomic mass is 9.33. The second-order valence-electron chi connectivity index (χ2n) is 15.8. The normalized spacial score (nSPS) is 48.5. The van der Waals surface area contributed by atoms with Crippen LogP contribution in [0, 0.1) is 50.2 Å². The van der Waals surface area contributed by atoms with Crippen LogP contribution < -0.4 is 0 Å². The third-order valence-corrected chi connectivity index (χ3v) is 13.9. The molecular formula is C31H50O5S. The molecule has 4 saturated carbocycles. The first kappa shape index (κ1) is 27.7. The van der Waals surface area contributed by atoms with Crippen LogP contribution in [0.2, 0.25) is 0 Å². The molecule has 0 aromatic heterocycles. The van der Waals surface area contributed by atoms with E-state index in [1.807, 2.05) is 0 Å². The van der Waals surface area contributed by atoms with Crippen molar-refractivity contribution in [1.82, 2.24) is 0 Å². The predicted octanol–water partition coefficient (Wildman–Crippen LogP) is 7.22. The lowest BCUT2D eigenvalue weighted by Gasteiger charge is -2.71. The van der Waals surface area contributed by atoms with E-state index < -0.39 is 21.5 Å². The zero-order valence-corrected chi connectivity index (χ0v) is 25.3. The average Bonchev–Trinajstić information content (AvgIpc) is 2.75. The van der Waals surface area contributed by atoms with Gasteiger partial charge in [-0.05, 0) is 109 Å². The van der Waals surface area contributed by atoms with Crippen LogP contribution in [0.1, 0.15) is 113 Å². The quantitative estimate of drug-likeness (QED) is 0.305. The molecule has 0 radical (unpaired) electrons. The van der Waals surface area contributed by atoms with Crippen molar-refractivity contribution >= 4 is 16.1 Å². The summed E-state index contributed by atoms with van der Waals surface area (Å²) in [6.45, 7) is 16.6. The molecule has 0 aromatic rings. The van der Waals surface area contributed by atoms with Crippen LogP contribution in [-0.2, 0) is 19.1 Å². The van der Waals surface area contributed by atoms with E-state index in [0.29, 0.717) is 11.8 Å². The number of hydrogen-bond acceptors (Lipinski definition) is 4. The molecule has 0 spiro atoms. The van der Waals surface area contributed by atoms with Gasteiger partial charge in [-0.25, -0.2) is 0 Å². The van der Waals surface area contributed by atoms with E-state index in [-0.39, 0.29) is 39.1 Å². The van der Waals surface area contributed by atoms with Crippen LogP contribution >= 0.6 is 0 Å². The highest BCUT2D eigenvalue weighted by molar-refractivity contribution is 7.86. The monoisotopic (exact) mass is 534 g/mol. The molecule has 5 rings (SSSR count). The van der Waals surface area contributed by atoms with E-state index in [2.05, 4.69) is 54.5 Å². The summed E-state index contributed by atoms with van der Waals surface area (Å²) < 4.78 is 29.8. The average molecular weight is 535 g/mol. The molecule has 4 fully saturated rings. The van der Waals surface area contributed by atoms with Crippen molar-refractivity contribution in [2.75, 3.05) is 6.26 Å². The highest BCUT2D eigenvalue weighted by atomic mass is 32.2. The van der Waals surface area contributed by atoms with E-state index in [4.69, 9.17) is 4.18 Å². The molecule has 5 aliphatic carbocycles. The number of carboxylic acids is 1. The van der Waals surface area contributed by atoms with Gasteiger partial charge in [0.2, 0.25) is 0 Å². The highest BCUT2D eigenvalue weighted by Crippen LogP contribution is 2.75. The van der Waals surface area contributed by atoms with Gasteiger partial charge in [-0.2, -0.15) is 8.42 Å². The zero-order chi connectivity index (χ0) is 27.4. The standard InChI is InChI=1S/C31H50O5S/c1-26(2)15-17-31(25(32)33)18-16-29(6)20(21(31)19-26)9-10-23-28(5)13-12-24(36-37(8,34)35)27(3,4)22(28)11-14-30(23,29)7/h9,21-24H,10-19H2,1-8H3,(H,32,33)/t21-,22-,23+,24-,28-,29+,30+,31-/m0/s1. The molecule has 37 heavy (non-hydrogen) atoms. The molecule has 0 aromatic carbocycles. The number of carbonyl (C=O) groups is 1. The maximum absolute atomic E-state index is 12.8. The summed E-state index contributed by atoms with van der Waals surface area (Å²) in [6.07, 6.45) is 12.9. The van der Waals surface area contributed by atoms with Crippen LogP contribution in [0.25, 0.3) is 0 Å². The fourth-order valence-corrected chi connectivity index (χ4v) is 11.8. The summed E-state index contributed by atoms with van der Waals surface area (Å²) >= 11 is 0. The molecule has 0 aliphatic heterocycles. The summed E-state index contributed by atoms with van der Waals surface area (Å²) in [5.74, 6) is 0.448. The molecule has 5 nitrogen and oxygen atoms in total. The Morgan fingerprint density at radius 3 is 2.19 bits per heavy atom.